The number of carbonyl (C=O) groups is 2. The number of nitrogens with zero attached hydrogens (tertiary/aromatic N) is 1. The Kier molecular flexibility index (Phi) is 5.03. The Bertz CT molecular complexity index is 754. The Morgan fingerprint density at radius 2 is 1.84 bits per heavy atom. The smallest absolute Gasteiger partial charge is 0.229 e. The molecule has 2 aromatic rings. The number of benzene rings is 2. The standard InChI is InChI=1S/C20H22N2O3/c1-14-3-7-17(8-4-14)22-13-16(12-20(22)24)21-19(23)11-15-5-9-18(25-2)10-6-15/h3-10,16H,11-13H2,1-2H3,(H,21,23). The Balaban J connectivity index is 1.57. The van der Waals surface area contributed by atoms with Gasteiger partial charge >= 0.3 is 0 Å². The molecule has 5 heteroatoms. The monoisotopic (exact) mass is 338 g/mol. The minimum Gasteiger partial charge on any atom is -0.497 e. The van der Waals surface area contributed by atoms with Crippen molar-refractivity contribution in [1.82, 2.24) is 5.32 Å². The van der Waals surface area contributed by atoms with Crippen LogP contribution in [0.25, 0.3) is 0 Å². The van der Waals surface area contributed by atoms with Crippen LogP contribution in [0.4, 0.5) is 5.69 Å². The predicted molar refractivity (Wildman–Crippen MR) is 96.8 cm³/mol. The molecule has 0 bridgehead atoms. The van der Waals surface area contributed by atoms with E-state index >= 15 is 0 Å². The molecule has 130 valence electrons. The van der Waals surface area contributed by atoms with E-state index in [0.29, 0.717) is 19.4 Å². The van der Waals surface area contributed by atoms with Gasteiger partial charge in [-0.05, 0) is 36.8 Å². The molecule has 0 aliphatic carbocycles. The number of rotatable bonds is 5. The number of anilines is 1. The van der Waals surface area contributed by atoms with Gasteiger partial charge in [0.1, 0.15) is 5.75 Å². The summed E-state index contributed by atoms with van der Waals surface area (Å²) in [5, 5.41) is 2.96. The molecule has 1 aliphatic rings. The Morgan fingerprint density at radius 1 is 1.16 bits per heavy atom. The first-order chi connectivity index (χ1) is 12.0. The lowest BCUT2D eigenvalue weighted by Crippen LogP contribution is -2.38. The van der Waals surface area contributed by atoms with Gasteiger partial charge in [0.25, 0.3) is 0 Å². The lowest BCUT2D eigenvalue weighted by molar-refractivity contribution is -0.121. The van der Waals surface area contributed by atoms with Crippen molar-refractivity contribution in [1.29, 1.82) is 0 Å². The summed E-state index contributed by atoms with van der Waals surface area (Å²) in [6.07, 6.45) is 0.626. The molecule has 2 aromatic carbocycles. The van der Waals surface area contributed by atoms with Crippen LogP contribution < -0.4 is 15.0 Å². The molecule has 0 spiro atoms. The van der Waals surface area contributed by atoms with Gasteiger partial charge in [-0.15, -0.1) is 0 Å². The number of hydrogen-bond acceptors (Lipinski definition) is 3. The maximum absolute atomic E-state index is 12.2. The van der Waals surface area contributed by atoms with Crippen LogP contribution in [-0.2, 0) is 16.0 Å². The van der Waals surface area contributed by atoms with Crippen molar-refractivity contribution in [2.45, 2.75) is 25.8 Å². The summed E-state index contributed by atoms with van der Waals surface area (Å²) in [6.45, 7) is 2.52. The van der Waals surface area contributed by atoms with E-state index in [-0.39, 0.29) is 17.9 Å². The number of hydrogen-bond donors (Lipinski definition) is 1. The third-order valence-electron chi connectivity index (χ3n) is 4.36. The molecule has 1 aliphatic heterocycles. The van der Waals surface area contributed by atoms with Gasteiger partial charge in [0.05, 0.1) is 19.6 Å². The number of methoxy groups -OCH3 is 1. The number of ether oxygens (including phenoxy) is 1. The van der Waals surface area contributed by atoms with Crippen molar-refractivity contribution < 1.29 is 14.3 Å². The lowest BCUT2D eigenvalue weighted by atomic mass is 10.1. The first-order valence-corrected chi connectivity index (χ1v) is 8.34. The van der Waals surface area contributed by atoms with Crippen LogP contribution in [0, 0.1) is 6.92 Å². The van der Waals surface area contributed by atoms with E-state index in [1.807, 2.05) is 55.5 Å². The number of aryl methyl sites for hydroxylation is 1. The van der Waals surface area contributed by atoms with Gasteiger partial charge in [0, 0.05) is 18.7 Å². The van der Waals surface area contributed by atoms with Crippen LogP contribution in [-0.4, -0.2) is 31.5 Å². The van der Waals surface area contributed by atoms with Crippen LogP contribution in [0.15, 0.2) is 48.5 Å². The largest absolute Gasteiger partial charge is 0.497 e. The van der Waals surface area contributed by atoms with E-state index in [1.165, 1.54) is 0 Å². The minimum absolute atomic E-state index is 0.0404. The highest BCUT2D eigenvalue weighted by Gasteiger charge is 2.31. The fourth-order valence-corrected chi connectivity index (χ4v) is 2.99. The Morgan fingerprint density at radius 3 is 2.48 bits per heavy atom. The molecule has 1 saturated heterocycles. The second-order valence-corrected chi connectivity index (χ2v) is 6.33. The van der Waals surface area contributed by atoms with Crippen molar-refractivity contribution in [3.63, 3.8) is 0 Å². The number of amides is 2. The highest BCUT2D eigenvalue weighted by molar-refractivity contribution is 5.96. The molecule has 3 rings (SSSR count). The third kappa shape index (κ3) is 4.18. The lowest BCUT2D eigenvalue weighted by Gasteiger charge is -2.17. The van der Waals surface area contributed by atoms with Crippen molar-refractivity contribution >= 4 is 17.5 Å². The second kappa shape index (κ2) is 7.38. The van der Waals surface area contributed by atoms with Gasteiger partial charge in [-0.3, -0.25) is 9.59 Å². The zero-order valence-corrected chi connectivity index (χ0v) is 14.5. The maximum atomic E-state index is 12.2. The topological polar surface area (TPSA) is 58.6 Å². The summed E-state index contributed by atoms with van der Waals surface area (Å²) in [7, 11) is 1.61. The molecule has 2 amide bonds. The summed E-state index contributed by atoms with van der Waals surface area (Å²) in [5.41, 5.74) is 2.94. The van der Waals surface area contributed by atoms with Gasteiger partial charge in [0.2, 0.25) is 11.8 Å². The van der Waals surface area contributed by atoms with E-state index in [0.717, 1.165) is 22.6 Å². The zero-order chi connectivity index (χ0) is 17.8. The molecule has 1 atom stereocenters. The third-order valence-corrected chi connectivity index (χ3v) is 4.36. The van der Waals surface area contributed by atoms with Crippen LogP contribution in [0.1, 0.15) is 17.5 Å². The van der Waals surface area contributed by atoms with Crippen LogP contribution in [0.2, 0.25) is 0 Å². The average molecular weight is 338 g/mol. The SMILES string of the molecule is COc1ccc(CC(=O)NC2CC(=O)N(c3ccc(C)cc3)C2)cc1. The molecule has 1 unspecified atom stereocenters. The van der Waals surface area contributed by atoms with Crippen LogP contribution in [0.5, 0.6) is 5.75 Å². The molecule has 1 heterocycles. The Hall–Kier alpha value is -2.82. The molecule has 0 saturated carbocycles. The molecule has 0 aromatic heterocycles. The summed E-state index contributed by atoms with van der Waals surface area (Å²) in [6, 6.07) is 15.1. The summed E-state index contributed by atoms with van der Waals surface area (Å²) in [5.74, 6) is 0.728. The normalized spacial score (nSPS) is 16.8. The summed E-state index contributed by atoms with van der Waals surface area (Å²) in [4.78, 5) is 26.2. The van der Waals surface area contributed by atoms with Gasteiger partial charge in [-0.1, -0.05) is 29.8 Å². The van der Waals surface area contributed by atoms with E-state index in [9.17, 15) is 9.59 Å². The van der Waals surface area contributed by atoms with Crippen molar-refractivity contribution in [3.8, 4) is 5.75 Å². The minimum atomic E-state index is -0.153. The number of nitrogens with one attached hydrogen (secondary N) is 1. The first-order valence-electron chi connectivity index (χ1n) is 8.34. The number of carbonyl (C=O) groups excluding carboxylic acids is 2. The molecule has 25 heavy (non-hydrogen) atoms. The molecular formula is C20H22N2O3. The predicted octanol–water partition coefficient (Wildman–Crippen LogP) is 2.47. The molecule has 1 fully saturated rings. The summed E-state index contributed by atoms with van der Waals surface area (Å²) < 4.78 is 5.11. The van der Waals surface area contributed by atoms with Gasteiger partial charge in [-0.25, -0.2) is 0 Å². The summed E-state index contributed by atoms with van der Waals surface area (Å²) >= 11 is 0. The van der Waals surface area contributed by atoms with Gasteiger partial charge in [0.15, 0.2) is 0 Å². The van der Waals surface area contributed by atoms with E-state index < -0.39 is 0 Å². The highest BCUT2D eigenvalue weighted by Crippen LogP contribution is 2.22. The fourth-order valence-electron chi connectivity index (χ4n) is 2.99. The molecule has 1 N–H and O–H groups in total. The molecular weight excluding hydrogens is 316 g/mol. The average Bonchev–Trinajstić information content (AvgIpc) is 2.96. The van der Waals surface area contributed by atoms with Gasteiger partial charge in [-0.2, -0.15) is 0 Å². The van der Waals surface area contributed by atoms with Crippen molar-refractivity contribution in [2.24, 2.45) is 0 Å². The second-order valence-electron chi connectivity index (χ2n) is 6.33. The van der Waals surface area contributed by atoms with Gasteiger partial charge < -0.3 is 15.0 Å². The first kappa shape index (κ1) is 17.0. The van der Waals surface area contributed by atoms with E-state index in [2.05, 4.69) is 5.32 Å². The quantitative estimate of drug-likeness (QED) is 0.911. The fraction of sp³-hybridized carbons (Fsp3) is 0.300. The van der Waals surface area contributed by atoms with E-state index in [4.69, 9.17) is 4.74 Å². The van der Waals surface area contributed by atoms with Crippen LogP contribution in [0.3, 0.4) is 0 Å². The van der Waals surface area contributed by atoms with E-state index in [1.54, 1.807) is 12.0 Å². The molecule has 0 radical (unpaired) electrons. The zero-order valence-electron chi connectivity index (χ0n) is 14.5. The highest BCUT2D eigenvalue weighted by atomic mass is 16.5. The van der Waals surface area contributed by atoms with Crippen molar-refractivity contribution in [2.75, 3.05) is 18.6 Å². The van der Waals surface area contributed by atoms with Crippen molar-refractivity contribution in [3.05, 3.63) is 59.7 Å². The van der Waals surface area contributed by atoms with Crippen LogP contribution >= 0.6 is 0 Å². The Labute approximate surface area is 147 Å². The molecule has 5 nitrogen and oxygen atoms in total. The maximum Gasteiger partial charge on any atom is 0.229 e.